The third-order valence-corrected chi connectivity index (χ3v) is 7.75. The molecule has 2 aromatic heterocycles. The van der Waals surface area contributed by atoms with Crippen LogP contribution in [0.3, 0.4) is 0 Å². The van der Waals surface area contributed by atoms with Crippen LogP contribution in [0, 0.1) is 0 Å². The topological polar surface area (TPSA) is 58.7 Å². The Morgan fingerprint density at radius 2 is 1.39 bits per heavy atom. The molecule has 0 N–H and O–H groups in total. The van der Waals surface area contributed by atoms with Crippen molar-refractivity contribution in [2.24, 2.45) is 0 Å². The molecule has 194 valence electrons. The molecule has 0 bridgehead atoms. The predicted octanol–water partition coefficient (Wildman–Crippen LogP) is 4.40. The third kappa shape index (κ3) is 4.64. The van der Waals surface area contributed by atoms with Crippen LogP contribution in [0.25, 0.3) is 16.7 Å². The lowest BCUT2D eigenvalue weighted by Crippen LogP contribution is -2.48. The number of piperazine rings is 1. The summed E-state index contributed by atoms with van der Waals surface area (Å²) in [6.45, 7) is 7.71. The van der Waals surface area contributed by atoms with Gasteiger partial charge >= 0.3 is 0 Å². The van der Waals surface area contributed by atoms with Crippen molar-refractivity contribution in [3.63, 3.8) is 0 Å². The molecule has 0 radical (unpaired) electrons. The Morgan fingerprint density at radius 1 is 0.763 bits per heavy atom. The van der Waals surface area contributed by atoms with Gasteiger partial charge in [-0.15, -0.1) is 10.2 Å². The molecular weight excluding hydrogens is 472 g/mol. The normalized spacial score (nSPS) is 15.1. The first-order valence-corrected chi connectivity index (χ1v) is 13.7. The average molecular weight is 507 g/mol. The molecule has 1 aliphatic rings. The molecule has 3 aromatic carbocycles. The van der Waals surface area contributed by atoms with E-state index < -0.39 is 0 Å². The lowest BCUT2D eigenvalue weighted by Gasteiger charge is -2.39. The van der Waals surface area contributed by atoms with Gasteiger partial charge in [0.05, 0.1) is 16.9 Å². The summed E-state index contributed by atoms with van der Waals surface area (Å²) in [7, 11) is 0. The van der Waals surface area contributed by atoms with Crippen LogP contribution in [0.2, 0.25) is 0 Å². The van der Waals surface area contributed by atoms with Gasteiger partial charge in [-0.05, 0) is 36.2 Å². The van der Waals surface area contributed by atoms with Crippen molar-refractivity contribution >= 4 is 16.7 Å². The van der Waals surface area contributed by atoms with Gasteiger partial charge in [-0.25, -0.2) is 0 Å². The summed E-state index contributed by atoms with van der Waals surface area (Å²) in [5.74, 6) is 1.52. The Balaban J connectivity index is 1.15. The van der Waals surface area contributed by atoms with Crippen molar-refractivity contribution in [3.05, 3.63) is 112 Å². The monoisotopic (exact) mass is 506 g/mol. The minimum absolute atomic E-state index is 0.0153. The first-order valence-electron chi connectivity index (χ1n) is 13.7. The van der Waals surface area contributed by atoms with E-state index in [1.807, 2.05) is 33.2 Å². The summed E-state index contributed by atoms with van der Waals surface area (Å²) < 4.78 is 3.86. The summed E-state index contributed by atoms with van der Waals surface area (Å²) in [5.41, 5.74) is 3.58. The fraction of sp³-hybridized carbons (Fsp3) is 0.323. The number of hydrogen-bond acceptors (Lipinski definition) is 5. The maximum Gasteiger partial charge on any atom is 0.262 e. The molecule has 0 saturated carbocycles. The van der Waals surface area contributed by atoms with Gasteiger partial charge in [-0.1, -0.05) is 79.7 Å². The molecule has 0 aliphatic carbocycles. The van der Waals surface area contributed by atoms with Crippen LogP contribution in [-0.4, -0.2) is 61.7 Å². The summed E-state index contributed by atoms with van der Waals surface area (Å²) in [4.78, 5) is 18.5. The number of benzene rings is 3. The molecule has 0 amide bonds. The van der Waals surface area contributed by atoms with Crippen molar-refractivity contribution in [1.29, 1.82) is 0 Å². The van der Waals surface area contributed by atoms with E-state index in [9.17, 15) is 4.79 Å². The van der Waals surface area contributed by atoms with Crippen LogP contribution < -0.4 is 5.56 Å². The number of hydrogen-bond donors (Lipinski definition) is 0. The Kier molecular flexibility index (Phi) is 7.03. The number of para-hydroxylation sites is 1. The standard InChI is InChI=1S/C31H34N6O/c1-2-28-32-33-31-36(30(38)26-16-9-10-17-27(26)37(28)31)19-11-18-34-20-22-35(23-21-34)29(24-12-5-3-6-13-24)25-14-7-4-8-15-25/h3-10,12-17,29H,2,11,18-23H2,1H3. The maximum absolute atomic E-state index is 13.4. The molecule has 7 nitrogen and oxygen atoms in total. The number of aromatic nitrogens is 4. The van der Waals surface area contributed by atoms with Crippen LogP contribution in [0.4, 0.5) is 0 Å². The molecule has 1 fully saturated rings. The van der Waals surface area contributed by atoms with Crippen LogP contribution in [0.15, 0.2) is 89.7 Å². The van der Waals surface area contributed by atoms with E-state index in [-0.39, 0.29) is 11.6 Å². The highest BCUT2D eigenvalue weighted by Crippen LogP contribution is 2.29. The second-order valence-electron chi connectivity index (χ2n) is 10.0. The smallest absolute Gasteiger partial charge is 0.262 e. The molecule has 0 spiro atoms. The van der Waals surface area contributed by atoms with Crippen LogP contribution >= 0.6 is 0 Å². The SMILES string of the molecule is CCc1nnc2n(CCCN3CCN(C(c4ccccc4)c4ccccc4)CC3)c(=O)c3ccccc3n12. The second kappa shape index (κ2) is 10.9. The molecule has 7 heteroatoms. The zero-order chi connectivity index (χ0) is 25.9. The summed E-state index contributed by atoms with van der Waals surface area (Å²) in [6, 6.07) is 29.7. The Hall–Kier alpha value is -3.81. The highest BCUT2D eigenvalue weighted by atomic mass is 16.1. The predicted molar refractivity (Wildman–Crippen MR) is 151 cm³/mol. The molecule has 3 heterocycles. The zero-order valence-electron chi connectivity index (χ0n) is 21.9. The average Bonchev–Trinajstić information content (AvgIpc) is 3.41. The molecule has 0 unspecified atom stereocenters. The minimum Gasteiger partial charge on any atom is -0.301 e. The lowest BCUT2D eigenvalue weighted by molar-refractivity contribution is 0.108. The molecule has 1 saturated heterocycles. The van der Waals surface area contributed by atoms with Gasteiger partial charge in [0.2, 0.25) is 5.78 Å². The molecule has 38 heavy (non-hydrogen) atoms. The van der Waals surface area contributed by atoms with Crippen molar-refractivity contribution < 1.29 is 0 Å². The first-order chi connectivity index (χ1) is 18.7. The summed E-state index contributed by atoms with van der Waals surface area (Å²) in [6.07, 6.45) is 1.66. The van der Waals surface area contributed by atoms with Crippen molar-refractivity contribution in [3.8, 4) is 0 Å². The Labute approximate surface area is 223 Å². The molecule has 0 atom stereocenters. The van der Waals surface area contributed by atoms with Gasteiger partial charge < -0.3 is 4.90 Å². The maximum atomic E-state index is 13.4. The van der Waals surface area contributed by atoms with Gasteiger partial charge in [-0.2, -0.15) is 0 Å². The van der Waals surface area contributed by atoms with Gasteiger partial charge in [0.1, 0.15) is 5.82 Å². The van der Waals surface area contributed by atoms with E-state index in [0.29, 0.717) is 12.3 Å². The van der Waals surface area contributed by atoms with Crippen molar-refractivity contribution in [1.82, 2.24) is 29.0 Å². The Morgan fingerprint density at radius 3 is 2.05 bits per heavy atom. The minimum atomic E-state index is 0.0153. The number of rotatable bonds is 8. The molecule has 5 aromatic rings. The highest BCUT2D eigenvalue weighted by molar-refractivity contribution is 5.80. The van der Waals surface area contributed by atoms with Gasteiger partial charge in [0.15, 0.2) is 0 Å². The number of nitrogens with zero attached hydrogens (tertiary/aromatic N) is 6. The van der Waals surface area contributed by atoms with E-state index in [1.165, 1.54) is 11.1 Å². The lowest BCUT2D eigenvalue weighted by atomic mass is 9.96. The quantitative estimate of drug-likeness (QED) is 0.312. The van der Waals surface area contributed by atoms with Crippen LogP contribution in [0.5, 0.6) is 0 Å². The van der Waals surface area contributed by atoms with Crippen molar-refractivity contribution in [2.45, 2.75) is 32.4 Å². The van der Waals surface area contributed by atoms with E-state index in [1.54, 1.807) is 0 Å². The van der Waals surface area contributed by atoms with Gasteiger partial charge in [0.25, 0.3) is 5.56 Å². The summed E-state index contributed by atoms with van der Waals surface area (Å²) in [5, 5.41) is 9.50. The highest BCUT2D eigenvalue weighted by Gasteiger charge is 2.26. The van der Waals surface area contributed by atoms with E-state index >= 15 is 0 Å². The number of aryl methyl sites for hydroxylation is 2. The fourth-order valence-electron chi connectivity index (χ4n) is 5.83. The molecular formula is C31H34N6O. The largest absolute Gasteiger partial charge is 0.301 e. The number of fused-ring (bicyclic) bond motifs is 3. The van der Waals surface area contributed by atoms with E-state index in [4.69, 9.17) is 0 Å². The van der Waals surface area contributed by atoms with E-state index in [0.717, 1.165) is 62.3 Å². The zero-order valence-corrected chi connectivity index (χ0v) is 21.9. The molecule has 1 aliphatic heterocycles. The summed E-state index contributed by atoms with van der Waals surface area (Å²) >= 11 is 0. The fourth-order valence-corrected chi connectivity index (χ4v) is 5.83. The van der Waals surface area contributed by atoms with Gasteiger partial charge in [-0.3, -0.25) is 18.7 Å². The second-order valence-corrected chi connectivity index (χ2v) is 10.0. The van der Waals surface area contributed by atoms with Crippen molar-refractivity contribution in [2.75, 3.05) is 32.7 Å². The third-order valence-electron chi connectivity index (χ3n) is 7.75. The Bertz CT molecular complexity index is 1530. The van der Waals surface area contributed by atoms with E-state index in [2.05, 4.69) is 87.6 Å². The first kappa shape index (κ1) is 24.5. The van der Waals surface area contributed by atoms with Crippen LogP contribution in [0.1, 0.15) is 36.3 Å². The van der Waals surface area contributed by atoms with Gasteiger partial charge in [0, 0.05) is 39.1 Å². The molecule has 6 rings (SSSR count). The van der Waals surface area contributed by atoms with Crippen LogP contribution in [-0.2, 0) is 13.0 Å².